The number of ether oxygens (including phenoxy) is 3. The molecule has 0 saturated carbocycles. The van der Waals surface area contributed by atoms with E-state index in [2.05, 4.69) is 10.2 Å². The van der Waals surface area contributed by atoms with Crippen molar-refractivity contribution in [1.29, 1.82) is 0 Å². The second-order valence-corrected chi connectivity index (χ2v) is 7.65. The van der Waals surface area contributed by atoms with Crippen molar-refractivity contribution in [2.75, 3.05) is 19.2 Å². The van der Waals surface area contributed by atoms with Crippen molar-refractivity contribution in [3.63, 3.8) is 0 Å². The van der Waals surface area contributed by atoms with Crippen molar-refractivity contribution in [1.82, 2.24) is 4.90 Å². The smallest absolute Gasteiger partial charge is 0.231 e. The summed E-state index contributed by atoms with van der Waals surface area (Å²) in [7, 11) is 1.66. The monoisotopic (exact) mass is 440 g/mol. The SMILES string of the molecule is COc1ccc(CN(Cc2ccc3c(c2)OCO3)C(=S)Nc2ccc(Cl)cc2)cc1. The largest absolute Gasteiger partial charge is 0.497 e. The maximum Gasteiger partial charge on any atom is 0.231 e. The fourth-order valence-electron chi connectivity index (χ4n) is 3.15. The van der Waals surface area contributed by atoms with E-state index in [1.165, 1.54) is 0 Å². The molecule has 0 bridgehead atoms. The lowest BCUT2D eigenvalue weighted by Gasteiger charge is -2.26. The Morgan fingerprint density at radius 1 is 0.967 bits per heavy atom. The van der Waals surface area contributed by atoms with Crippen molar-refractivity contribution < 1.29 is 14.2 Å². The Morgan fingerprint density at radius 2 is 1.63 bits per heavy atom. The van der Waals surface area contributed by atoms with Crippen molar-refractivity contribution in [2.45, 2.75) is 13.1 Å². The summed E-state index contributed by atoms with van der Waals surface area (Å²) in [6, 6.07) is 21.4. The van der Waals surface area contributed by atoms with Gasteiger partial charge in [-0.05, 0) is 71.9 Å². The molecule has 5 nitrogen and oxygen atoms in total. The lowest BCUT2D eigenvalue weighted by atomic mass is 10.1. The van der Waals surface area contributed by atoms with Crippen LogP contribution in [0.1, 0.15) is 11.1 Å². The second-order valence-electron chi connectivity index (χ2n) is 6.83. The van der Waals surface area contributed by atoms with E-state index >= 15 is 0 Å². The average molecular weight is 441 g/mol. The minimum Gasteiger partial charge on any atom is -0.497 e. The molecule has 0 aromatic heterocycles. The molecule has 30 heavy (non-hydrogen) atoms. The summed E-state index contributed by atoms with van der Waals surface area (Å²) in [5, 5.41) is 4.60. The van der Waals surface area contributed by atoms with Crippen LogP contribution in [-0.2, 0) is 13.1 Å². The molecule has 0 radical (unpaired) electrons. The molecule has 3 aromatic rings. The number of nitrogens with one attached hydrogen (secondary N) is 1. The van der Waals surface area contributed by atoms with Gasteiger partial charge in [-0.1, -0.05) is 29.8 Å². The molecule has 0 unspecified atom stereocenters. The van der Waals surface area contributed by atoms with Crippen LogP contribution in [0, 0.1) is 0 Å². The summed E-state index contributed by atoms with van der Waals surface area (Å²) in [6.07, 6.45) is 0. The molecule has 0 aliphatic carbocycles. The van der Waals surface area contributed by atoms with E-state index in [9.17, 15) is 0 Å². The Bertz CT molecular complexity index is 1030. The van der Waals surface area contributed by atoms with Crippen LogP contribution < -0.4 is 19.5 Å². The molecular formula is C23H21ClN2O3S. The van der Waals surface area contributed by atoms with Gasteiger partial charge in [0.2, 0.25) is 6.79 Å². The molecule has 7 heteroatoms. The third-order valence-electron chi connectivity index (χ3n) is 4.73. The lowest BCUT2D eigenvalue weighted by molar-refractivity contribution is 0.174. The van der Waals surface area contributed by atoms with Crippen LogP contribution in [0.25, 0.3) is 0 Å². The molecule has 0 atom stereocenters. The van der Waals surface area contributed by atoms with E-state index in [-0.39, 0.29) is 6.79 Å². The number of benzene rings is 3. The van der Waals surface area contributed by atoms with Gasteiger partial charge in [-0.25, -0.2) is 0 Å². The van der Waals surface area contributed by atoms with Gasteiger partial charge in [0.1, 0.15) is 5.75 Å². The number of halogens is 1. The molecule has 1 aliphatic heterocycles. The van der Waals surface area contributed by atoms with Crippen molar-refractivity contribution >= 4 is 34.6 Å². The van der Waals surface area contributed by atoms with Crippen LogP contribution >= 0.6 is 23.8 Å². The standard InChI is InChI=1S/C23H21ClN2O3S/c1-27-20-9-2-16(3-10-20)13-26(23(30)25-19-7-5-18(24)6-8-19)14-17-4-11-21-22(12-17)29-15-28-21/h2-12H,13-15H2,1H3,(H,25,30). The molecule has 0 spiro atoms. The minimum absolute atomic E-state index is 0.255. The zero-order valence-electron chi connectivity index (χ0n) is 16.4. The van der Waals surface area contributed by atoms with Gasteiger partial charge in [0.15, 0.2) is 16.6 Å². The van der Waals surface area contributed by atoms with Gasteiger partial charge in [-0.2, -0.15) is 0 Å². The maximum absolute atomic E-state index is 5.99. The molecule has 4 rings (SSSR count). The van der Waals surface area contributed by atoms with Gasteiger partial charge >= 0.3 is 0 Å². The number of hydrogen-bond acceptors (Lipinski definition) is 4. The Labute approximate surface area is 186 Å². The van der Waals surface area contributed by atoms with E-state index in [1.807, 2.05) is 66.7 Å². The number of hydrogen-bond donors (Lipinski definition) is 1. The Kier molecular flexibility index (Phi) is 6.26. The fraction of sp³-hybridized carbons (Fsp3) is 0.174. The van der Waals surface area contributed by atoms with Crippen LogP contribution in [0.2, 0.25) is 5.02 Å². The minimum atomic E-state index is 0.255. The summed E-state index contributed by atoms with van der Waals surface area (Å²) in [5.74, 6) is 2.35. The first-order valence-corrected chi connectivity index (χ1v) is 10.2. The highest BCUT2D eigenvalue weighted by atomic mass is 35.5. The molecule has 0 saturated heterocycles. The highest BCUT2D eigenvalue weighted by molar-refractivity contribution is 7.80. The molecule has 1 aliphatic rings. The quantitative estimate of drug-likeness (QED) is 0.512. The van der Waals surface area contributed by atoms with Crippen molar-refractivity contribution in [2.24, 2.45) is 0 Å². The summed E-state index contributed by atoms with van der Waals surface area (Å²) in [5.41, 5.74) is 3.08. The van der Waals surface area contributed by atoms with Gasteiger partial charge in [-0.15, -0.1) is 0 Å². The number of methoxy groups -OCH3 is 1. The van der Waals surface area contributed by atoms with Crippen LogP contribution in [0.3, 0.4) is 0 Å². The van der Waals surface area contributed by atoms with E-state index in [0.717, 1.165) is 34.1 Å². The summed E-state index contributed by atoms with van der Waals surface area (Å²) in [6.45, 7) is 1.50. The summed E-state index contributed by atoms with van der Waals surface area (Å²) in [4.78, 5) is 2.10. The highest BCUT2D eigenvalue weighted by Crippen LogP contribution is 2.33. The second kappa shape index (κ2) is 9.24. The van der Waals surface area contributed by atoms with Crippen molar-refractivity contribution in [3.05, 3.63) is 82.9 Å². The number of thiocarbonyl (C=S) groups is 1. The van der Waals surface area contributed by atoms with Crippen LogP contribution in [-0.4, -0.2) is 23.9 Å². The van der Waals surface area contributed by atoms with Crippen LogP contribution in [0.4, 0.5) is 5.69 Å². The molecule has 1 heterocycles. The number of fused-ring (bicyclic) bond motifs is 1. The van der Waals surface area contributed by atoms with Crippen LogP contribution in [0.5, 0.6) is 17.2 Å². The van der Waals surface area contributed by atoms with E-state index in [4.69, 9.17) is 38.0 Å². The van der Waals surface area contributed by atoms with Gasteiger partial charge < -0.3 is 24.4 Å². The number of nitrogens with zero attached hydrogens (tertiary/aromatic N) is 1. The van der Waals surface area contributed by atoms with E-state index in [1.54, 1.807) is 7.11 Å². The molecule has 3 aromatic carbocycles. The zero-order valence-corrected chi connectivity index (χ0v) is 18.0. The van der Waals surface area contributed by atoms with Gasteiger partial charge in [0, 0.05) is 23.8 Å². The first-order valence-electron chi connectivity index (χ1n) is 9.44. The first-order chi connectivity index (χ1) is 14.6. The predicted octanol–water partition coefficient (Wildman–Crippen LogP) is 5.48. The number of anilines is 1. The van der Waals surface area contributed by atoms with Crippen LogP contribution in [0.15, 0.2) is 66.7 Å². The maximum atomic E-state index is 5.99. The fourth-order valence-corrected chi connectivity index (χ4v) is 3.52. The Hall–Kier alpha value is -2.96. The molecule has 154 valence electrons. The Balaban J connectivity index is 1.54. The molecule has 0 amide bonds. The molecule has 0 fully saturated rings. The van der Waals surface area contributed by atoms with E-state index in [0.29, 0.717) is 23.2 Å². The van der Waals surface area contributed by atoms with E-state index < -0.39 is 0 Å². The average Bonchev–Trinajstić information content (AvgIpc) is 3.23. The third-order valence-corrected chi connectivity index (χ3v) is 5.34. The molecule has 1 N–H and O–H groups in total. The normalized spacial score (nSPS) is 11.8. The highest BCUT2D eigenvalue weighted by Gasteiger charge is 2.17. The molecular weight excluding hydrogens is 420 g/mol. The third kappa shape index (κ3) is 4.96. The summed E-state index contributed by atoms with van der Waals surface area (Å²) < 4.78 is 16.2. The number of rotatable bonds is 6. The lowest BCUT2D eigenvalue weighted by Crippen LogP contribution is -2.33. The van der Waals surface area contributed by atoms with Gasteiger partial charge in [0.25, 0.3) is 0 Å². The summed E-state index contributed by atoms with van der Waals surface area (Å²) >= 11 is 11.7. The Morgan fingerprint density at radius 3 is 2.37 bits per heavy atom. The zero-order chi connectivity index (χ0) is 20.9. The van der Waals surface area contributed by atoms with Gasteiger partial charge in [0.05, 0.1) is 7.11 Å². The van der Waals surface area contributed by atoms with Crippen molar-refractivity contribution in [3.8, 4) is 17.2 Å². The predicted molar refractivity (Wildman–Crippen MR) is 122 cm³/mol. The van der Waals surface area contributed by atoms with Gasteiger partial charge in [-0.3, -0.25) is 0 Å². The topological polar surface area (TPSA) is 43.0 Å². The first kappa shape index (κ1) is 20.3.